The minimum absolute atomic E-state index is 0.0888. The molecule has 0 unspecified atom stereocenters. The molecule has 0 aliphatic rings. The summed E-state index contributed by atoms with van der Waals surface area (Å²) < 4.78 is 4.66. The van der Waals surface area contributed by atoms with Gasteiger partial charge >= 0.3 is 5.97 Å². The predicted octanol–water partition coefficient (Wildman–Crippen LogP) is 6.44. The molecule has 0 spiro atoms. The topological polar surface area (TPSA) is 26.3 Å². The molecule has 2 heteroatoms. The number of fused-ring (bicyclic) bond motifs is 2. The molecular weight excluding hydrogens is 320 g/mol. The lowest BCUT2D eigenvalue weighted by molar-refractivity contribution is -0.140. The van der Waals surface area contributed by atoms with E-state index in [1.165, 1.54) is 59.9 Å². The van der Waals surface area contributed by atoms with Crippen LogP contribution in [0.15, 0.2) is 54.6 Å². The fourth-order valence-electron chi connectivity index (χ4n) is 3.55. The first kappa shape index (κ1) is 18.4. The smallest absolute Gasteiger partial charge is 0.305 e. The summed E-state index contributed by atoms with van der Waals surface area (Å²) in [7, 11) is 1.46. The summed E-state index contributed by atoms with van der Waals surface area (Å²) in [6.45, 7) is 0. The maximum atomic E-state index is 11.0. The summed E-state index contributed by atoms with van der Waals surface area (Å²) in [5, 5.41) is 5.27. The number of carbonyl (C=O) groups is 1. The first-order valence-electron chi connectivity index (χ1n) is 9.74. The van der Waals surface area contributed by atoms with Crippen molar-refractivity contribution in [1.29, 1.82) is 0 Å². The zero-order chi connectivity index (χ0) is 18.2. The van der Waals surface area contributed by atoms with Crippen molar-refractivity contribution in [2.75, 3.05) is 7.11 Å². The highest BCUT2D eigenvalue weighted by molar-refractivity contribution is 5.98. The minimum Gasteiger partial charge on any atom is -0.469 e. The van der Waals surface area contributed by atoms with Gasteiger partial charge in [-0.15, -0.1) is 0 Å². The maximum Gasteiger partial charge on any atom is 0.305 e. The molecular formula is C24H28O2. The Labute approximate surface area is 156 Å². The van der Waals surface area contributed by atoms with Crippen LogP contribution in [0, 0.1) is 0 Å². The van der Waals surface area contributed by atoms with Gasteiger partial charge in [-0.2, -0.15) is 0 Å². The number of esters is 1. The molecule has 3 aromatic rings. The number of carbonyl (C=O) groups excluding carboxylic acids is 1. The number of aryl methyl sites for hydroxylation is 1. The average Bonchev–Trinajstić information content (AvgIpc) is 2.68. The van der Waals surface area contributed by atoms with E-state index < -0.39 is 0 Å². The molecule has 136 valence electrons. The Kier molecular flexibility index (Phi) is 6.65. The summed E-state index contributed by atoms with van der Waals surface area (Å²) in [4.78, 5) is 11.0. The normalized spacial score (nSPS) is 11.1. The van der Waals surface area contributed by atoms with Gasteiger partial charge in [0.25, 0.3) is 0 Å². The third-order valence-corrected chi connectivity index (χ3v) is 5.09. The second kappa shape index (κ2) is 9.38. The SMILES string of the molecule is COC(=O)CCCCCCCCc1ccc2cc3ccccc3cc2c1. The Morgan fingerprint density at radius 1 is 0.731 bits per heavy atom. The number of rotatable bonds is 9. The van der Waals surface area contributed by atoms with Gasteiger partial charge in [0.05, 0.1) is 7.11 Å². The molecule has 26 heavy (non-hydrogen) atoms. The third-order valence-electron chi connectivity index (χ3n) is 5.09. The fourth-order valence-corrected chi connectivity index (χ4v) is 3.55. The summed E-state index contributed by atoms with van der Waals surface area (Å²) in [6, 6.07) is 20.0. The molecule has 0 saturated carbocycles. The van der Waals surface area contributed by atoms with E-state index in [4.69, 9.17) is 0 Å². The number of benzene rings is 3. The van der Waals surface area contributed by atoms with Crippen molar-refractivity contribution in [2.45, 2.75) is 51.4 Å². The van der Waals surface area contributed by atoms with E-state index in [9.17, 15) is 4.79 Å². The van der Waals surface area contributed by atoms with E-state index in [0.717, 1.165) is 19.3 Å². The van der Waals surface area contributed by atoms with Gasteiger partial charge in [-0.1, -0.05) is 68.1 Å². The molecule has 0 aliphatic heterocycles. The number of methoxy groups -OCH3 is 1. The Balaban J connectivity index is 1.44. The van der Waals surface area contributed by atoms with Gasteiger partial charge in [0.2, 0.25) is 0 Å². The standard InChI is InChI=1S/C24H28O2/c1-26-24(25)13-7-5-3-2-4-6-10-19-14-15-22-17-20-11-8-9-12-21(20)18-23(22)16-19/h8-9,11-12,14-18H,2-7,10,13H2,1H3. The molecule has 0 N–H and O–H groups in total. The van der Waals surface area contributed by atoms with Gasteiger partial charge in [-0.25, -0.2) is 0 Å². The van der Waals surface area contributed by atoms with Crippen molar-refractivity contribution in [3.63, 3.8) is 0 Å². The van der Waals surface area contributed by atoms with Crippen LogP contribution in [0.1, 0.15) is 50.5 Å². The van der Waals surface area contributed by atoms with E-state index in [1.54, 1.807) is 0 Å². The van der Waals surface area contributed by atoms with Crippen molar-refractivity contribution in [1.82, 2.24) is 0 Å². The summed E-state index contributed by atoms with van der Waals surface area (Å²) in [6.07, 6.45) is 8.72. The van der Waals surface area contributed by atoms with Gasteiger partial charge in [0, 0.05) is 6.42 Å². The Morgan fingerprint density at radius 3 is 2.08 bits per heavy atom. The molecule has 0 aromatic heterocycles. The zero-order valence-corrected chi connectivity index (χ0v) is 15.7. The number of hydrogen-bond donors (Lipinski definition) is 0. The van der Waals surface area contributed by atoms with E-state index >= 15 is 0 Å². The second-order valence-corrected chi connectivity index (χ2v) is 7.08. The van der Waals surface area contributed by atoms with Crippen molar-refractivity contribution < 1.29 is 9.53 Å². The molecule has 0 amide bonds. The molecule has 0 saturated heterocycles. The van der Waals surface area contributed by atoms with E-state index in [2.05, 4.69) is 59.3 Å². The van der Waals surface area contributed by atoms with Crippen LogP contribution in [-0.2, 0) is 16.0 Å². The number of ether oxygens (including phenoxy) is 1. The molecule has 0 radical (unpaired) electrons. The van der Waals surface area contributed by atoms with Crippen LogP contribution in [0.5, 0.6) is 0 Å². The van der Waals surface area contributed by atoms with Gasteiger partial charge in [-0.3, -0.25) is 4.79 Å². The molecule has 0 atom stereocenters. The van der Waals surface area contributed by atoms with Crippen molar-refractivity contribution in [3.05, 3.63) is 60.2 Å². The number of hydrogen-bond acceptors (Lipinski definition) is 2. The fraction of sp³-hybridized carbons (Fsp3) is 0.375. The highest BCUT2D eigenvalue weighted by atomic mass is 16.5. The summed E-state index contributed by atoms with van der Waals surface area (Å²) in [5.74, 6) is -0.0888. The molecule has 0 bridgehead atoms. The zero-order valence-electron chi connectivity index (χ0n) is 15.7. The van der Waals surface area contributed by atoms with Gasteiger partial charge in [-0.05, 0) is 58.5 Å². The Morgan fingerprint density at radius 2 is 1.35 bits per heavy atom. The van der Waals surface area contributed by atoms with Crippen LogP contribution in [0.25, 0.3) is 21.5 Å². The quantitative estimate of drug-likeness (QED) is 0.253. The number of unbranched alkanes of at least 4 members (excludes halogenated alkanes) is 5. The van der Waals surface area contributed by atoms with E-state index in [-0.39, 0.29) is 5.97 Å². The lowest BCUT2D eigenvalue weighted by Crippen LogP contribution is -1.99. The lowest BCUT2D eigenvalue weighted by Gasteiger charge is -2.06. The Hall–Kier alpha value is -2.35. The van der Waals surface area contributed by atoms with Gasteiger partial charge in [0.1, 0.15) is 0 Å². The van der Waals surface area contributed by atoms with Crippen LogP contribution in [0.2, 0.25) is 0 Å². The van der Waals surface area contributed by atoms with Gasteiger partial charge < -0.3 is 4.74 Å². The van der Waals surface area contributed by atoms with Crippen LogP contribution >= 0.6 is 0 Å². The largest absolute Gasteiger partial charge is 0.469 e. The maximum absolute atomic E-state index is 11.0. The van der Waals surface area contributed by atoms with Crippen LogP contribution < -0.4 is 0 Å². The van der Waals surface area contributed by atoms with Crippen molar-refractivity contribution in [2.24, 2.45) is 0 Å². The first-order chi connectivity index (χ1) is 12.8. The van der Waals surface area contributed by atoms with E-state index in [0.29, 0.717) is 6.42 Å². The monoisotopic (exact) mass is 348 g/mol. The predicted molar refractivity (Wildman–Crippen MR) is 109 cm³/mol. The molecule has 3 rings (SSSR count). The second-order valence-electron chi connectivity index (χ2n) is 7.08. The highest BCUT2D eigenvalue weighted by Gasteiger charge is 2.01. The average molecular weight is 348 g/mol. The van der Waals surface area contributed by atoms with Crippen molar-refractivity contribution in [3.8, 4) is 0 Å². The lowest BCUT2D eigenvalue weighted by atomic mass is 9.99. The first-order valence-corrected chi connectivity index (χ1v) is 9.74. The van der Waals surface area contributed by atoms with E-state index in [1.807, 2.05) is 0 Å². The van der Waals surface area contributed by atoms with Crippen LogP contribution in [0.4, 0.5) is 0 Å². The molecule has 0 heterocycles. The molecule has 0 aliphatic carbocycles. The summed E-state index contributed by atoms with van der Waals surface area (Å²) >= 11 is 0. The van der Waals surface area contributed by atoms with Gasteiger partial charge in [0.15, 0.2) is 0 Å². The van der Waals surface area contributed by atoms with Crippen LogP contribution in [0.3, 0.4) is 0 Å². The minimum atomic E-state index is -0.0888. The highest BCUT2D eigenvalue weighted by Crippen LogP contribution is 2.24. The summed E-state index contributed by atoms with van der Waals surface area (Å²) in [5.41, 5.74) is 1.43. The Bertz CT molecular complexity index is 866. The molecule has 0 fully saturated rings. The molecule has 2 nitrogen and oxygen atoms in total. The third kappa shape index (κ3) is 5.08. The van der Waals surface area contributed by atoms with Crippen molar-refractivity contribution >= 4 is 27.5 Å². The molecule has 3 aromatic carbocycles. The van der Waals surface area contributed by atoms with Crippen LogP contribution in [-0.4, -0.2) is 13.1 Å².